The Morgan fingerprint density at radius 2 is 1.96 bits per heavy atom. The molecule has 4 rings (SSSR count). The van der Waals surface area contributed by atoms with Crippen LogP contribution in [0.2, 0.25) is 0 Å². The summed E-state index contributed by atoms with van der Waals surface area (Å²) in [5, 5.41) is 0. The summed E-state index contributed by atoms with van der Waals surface area (Å²) in [6.07, 6.45) is 2.62. The lowest BCUT2D eigenvalue weighted by Crippen LogP contribution is -2.51. The molecule has 2 aromatic rings. The van der Waals surface area contributed by atoms with Gasteiger partial charge in [0.05, 0.1) is 5.92 Å². The third-order valence-electron chi connectivity index (χ3n) is 5.06. The van der Waals surface area contributed by atoms with E-state index in [0.29, 0.717) is 6.61 Å². The number of pyridine rings is 1. The second-order valence-corrected chi connectivity index (χ2v) is 6.79. The molecule has 1 aromatic carbocycles. The van der Waals surface area contributed by atoms with Crippen molar-refractivity contribution in [1.29, 1.82) is 0 Å². The van der Waals surface area contributed by atoms with Crippen LogP contribution in [0.15, 0.2) is 42.6 Å². The van der Waals surface area contributed by atoms with Crippen molar-refractivity contribution in [3.63, 3.8) is 0 Å². The third-order valence-corrected chi connectivity index (χ3v) is 5.06. The number of piperazine rings is 1. The van der Waals surface area contributed by atoms with Crippen molar-refractivity contribution in [2.24, 2.45) is 5.92 Å². The summed E-state index contributed by atoms with van der Waals surface area (Å²) in [6, 6.07) is 12.1. The van der Waals surface area contributed by atoms with Crippen LogP contribution in [0, 0.1) is 12.8 Å². The molecule has 0 N–H and O–H groups in total. The Morgan fingerprint density at radius 1 is 1.16 bits per heavy atom. The molecule has 0 radical (unpaired) electrons. The summed E-state index contributed by atoms with van der Waals surface area (Å²) in [7, 11) is 0. The maximum absolute atomic E-state index is 12.9. The molecule has 0 aliphatic carbocycles. The van der Waals surface area contributed by atoms with E-state index in [1.165, 1.54) is 5.69 Å². The van der Waals surface area contributed by atoms with Gasteiger partial charge in [-0.05, 0) is 37.1 Å². The lowest BCUT2D eigenvalue weighted by atomic mass is 9.95. The molecular weight excluding hydrogens is 314 g/mol. The molecule has 1 atom stereocenters. The lowest BCUT2D eigenvalue weighted by molar-refractivity contribution is -0.137. The minimum Gasteiger partial charge on any atom is -0.492 e. The van der Waals surface area contributed by atoms with Gasteiger partial charge in [0.25, 0.3) is 0 Å². The van der Waals surface area contributed by atoms with Gasteiger partial charge in [-0.3, -0.25) is 9.78 Å². The van der Waals surface area contributed by atoms with Gasteiger partial charge in [0.15, 0.2) is 0 Å². The van der Waals surface area contributed by atoms with Crippen molar-refractivity contribution in [3.8, 4) is 5.75 Å². The highest BCUT2D eigenvalue weighted by atomic mass is 16.5. The van der Waals surface area contributed by atoms with Gasteiger partial charge in [0, 0.05) is 43.8 Å². The molecule has 3 heterocycles. The van der Waals surface area contributed by atoms with E-state index < -0.39 is 0 Å². The first kappa shape index (κ1) is 15.9. The molecule has 25 heavy (non-hydrogen) atoms. The second kappa shape index (κ2) is 6.75. The number of para-hydroxylation sites is 1. The van der Waals surface area contributed by atoms with Crippen molar-refractivity contribution in [2.75, 3.05) is 37.7 Å². The fourth-order valence-corrected chi connectivity index (χ4v) is 3.66. The summed E-state index contributed by atoms with van der Waals surface area (Å²) < 4.78 is 5.79. The molecule has 0 unspecified atom stereocenters. The number of aryl methyl sites for hydroxylation is 1. The number of carbonyl (C=O) groups excluding carboxylic acids is 1. The van der Waals surface area contributed by atoms with E-state index in [1.54, 1.807) is 0 Å². The number of amides is 1. The Morgan fingerprint density at radius 3 is 2.76 bits per heavy atom. The summed E-state index contributed by atoms with van der Waals surface area (Å²) in [6.45, 7) is 5.74. The Balaban J connectivity index is 1.37. The summed E-state index contributed by atoms with van der Waals surface area (Å²) in [4.78, 5) is 21.4. The van der Waals surface area contributed by atoms with Crippen molar-refractivity contribution in [2.45, 2.75) is 13.3 Å². The SMILES string of the molecule is Cc1cc(N2CCN(C(=O)[C@H]3COc4ccccc4C3)CC2)ccn1. The van der Waals surface area contributed by atoms with Crippen LogP contribution < -0.4 is 9.64 Å². The minimum absolute atomic E-state index is 0.0652. The average Bonchev–Trinajstić information content (AvgIpc) is 2.67. The predicted molar refractivity (Wildman–Crippen MR) is 96.9 cm³/mol. The van der Waals surface area contributed by atoms with Crippen molar-refractivity contribution >= 4 is 11.6 Å². The Bertz CT molecular complexity index is 769. The number of benzene rings is 1. The van der Waals surface area contributed by atoms with Crippen LogP contribution in [-0.4, -0.2) is 48.6 Å². The Labute approximate surface area is 148 Å². The molecular formula is C20H23N3O2. The molecule has 0 bridgehead atoms. The van der Waals surface area contributed by atoms with Gasteiger partial charge in [-0.2, -0.15) is 0 Å². The van der Waals surface area contributed by atoms with Crippen molar-refractivity contribution in [1.82, 2.24) is 9.88 Å². The van der Waals surface area contributed by atoms with E-state index in [1.807, 2.05) is 42.3 Å². The standard InChI is InChI=1S/C20H23N3O2/c1-15-12-18(6-7-21-15)22-8-10-23(11-9-22)20(24)17-13-16-4-2-3-5-19(16)25-14-17/h2-7,12,17H,8-11,13-14H2,1H3/t17-/m1/s1. The number of fused-ring (bicyclic) bond motifs is 1. The number of rotatable bonds is 2. The van der Waals surface area contributed by atoms with Gasteiger partial charge in [-0.25, -0.2) is 0 Å². The summed E-state index contributed by atoms with van der Waals surface area (Å²) in [5.74, 6) is 1.08. The maximum atomic E-state index is 12.9. The average molecular weight is 337 g/mol. The number of anilines is 1. The number of nitrogens with zero attached hydrogens (tertiary/aromatic N) is 3. The molecule has 1 amide bonds. The van der Waals surface area contributed by atoms with E-state index in [0.717, 1.165) is 49.6 Å². The third kappa shape index (κ3) is 3.31. The second-order valence-electron chi connectivity index (χ2n) is 6.79. The van der Waals surface area contributed by atoms with Crippen LogP contribution in [0.25, 0.3) is 0 Å². The van der Waals surface area contributed by atoms with Crippen LogP contribution in [0.3, 0.4) is 0 Å². The smallest absolute Gasteiger partial charge is 0.229 e. The first-order valence-electron chi connectivity index (χ1n) is 8.88. The maximum Gasteiger partial charge on any atom is 0.229 e. The zero-order valence-corrected chi connectivity index (χ0v) is 14.5. The van der Waals surface area contributed by atoms with Gasteiger partial charge >= 0.3 is 0 Å². The Hall–Kier alpha value is -2.56. The molecule has 1 saturated heterocycles. The van der Waals surface area contributed by atoms with Crippen LogP contribution in [0.1, 0.15) is 11.3 Å². The highest BCUT2D eigenvalue weighted by Gasteiger charge is 2.31. The zero-order valence-electron chi connectivity index (χ0n) is 14.5. The fraction of sp³-hybridized carbons (Fsp3) is 0.400. The fourth-order valence-electron chi connectivity index (χ4n) is 3.66. The van der Waals surface area contributed by atoms with E-state index in [-0.39, 0.29) is 11.8 Å². The normalized spacial score (nSPS) is 20.0. The molecule has 130 valence electrons. The molecule has 2 aliphatic rings. The van der Waals surface area contributed by atoms with E-state index >= 15 is 0 Å². The molecule has 1 fully saturated rings. The molecule has 0 saturated carbocycles. The monoisotopic (exact) mass is 337 g/mol. The first-order chi connectivity index (χ1) is 12.2. The highest BCUT2D eigenvalue weighted by molar-refractivity contribution is 5.80. The zero-order chi connectivity index (χ0) is 17.2. The number of aromatic nitrogens is 1. The minimum atomic E-state index is -0.0652. The number of carbonyl (C=O) groups is 1. The van der Waals surface area contributed by atoms with E-state index in [9.17, 15) is 4.79 Å². The highest BCUT2D eigenvalue weighted by Crippen LogP contribution is 2.28. The molecule has 5 heteroatoms. The number of hydrogen-bond acceptors (Lipinski definition) is 4. The number of ether oxygens (including phenoxy) is 1. The molecule has 0 spiro atoms. The largest absolute Gasteiger partial charge is 0.492 e. The van der Waals surface area contributed by atoms with Crippen LogP contribution in [-0.2, 0) is 11.2 Å². The van der Waals surface area contributed by atoms with Crippen molar-refractivity contribution in [3.05, 3.63) is 53.9 Å². The topological polar surface area (TPSA) is 45.7 Å². The molecule has 5 nitrogen and oxygen atoms in total. The van der Waals surface area contributed by atoms with Gasteiger partial charge in [0.1, 0.15) is 12.4 Å². The summed E-state index contributed by atoms with van der Waals surface area (Å²) >= 11 is 0. The quantitative estimate of drug-likeness (QED) is 0.843. The van der Waals surface area contributed by atoms with Crippen LogP contribution >= 0.6 is 0 Å². The van der Waals surface area contributed by atoms with Gasteiger partial charge in [-0.1, -0.05) is 18.2 Å². The van der Waals surface area contributed by atoms with Crippen LogP contribution in [0.5, 0.6) is 5.75 Å². The van der Waals surface area contributed by atoms with Gasteiger partial charge in [-0.15, -0.1) is 0 Å². The van der Waals surface area contributed by atoms with Gasteiger partial charge < -0.3 is 14.5 Å². The van der Waals surface area contributed by atoms with E-state index in [2.05, 4.69) is 22.0 Å². The van der Waals surface area contributed by atoms with Crippen LogP contribution in [0.4, 0.5) is 5.69 Å². The first-order valence-corrected chi connectivity index (χ1v) is 8.88. The number of hydrogen-bond donors (Lipinski definition) is 0. The van der Waals surface area contributed by atoms with E-state index in [4.69, 9.17) is 4.74 Å². The summed E-state index contributed by atoms with van der Waals surface area (Å²) in [5.41, 5.74) is 3.35. The molecule has 1 aromatic heterocycles. The lowest BCUT2D eigenvalue weighted by Gasteiger charge is -2.38. The van der Waals surface area contributed by atoms with Gasteiger partial charge in [0.2, 0.25) is 5.91 Å². The Kier molecular flexibility index (Phi) is 4.30. The van der Waals surface area contributed by atoms with Crippen molar-refractivity contribution < 1.29 is 9.53 Å². The predicted octanol–water partition coefficient (Wildman–Crippen LogP) is 2.29. The molecule has 2 aliphatic heterocycles.